The summed E-state index contributed by atoms with van der Waals surface area (Å²) >= 11 is 6.10. The van der Waals surface area contributed by atoms with Crippen molar-refractivity contribution in [2.24, 2.45) is 5.41 Å². The first kappa shape index (κ1) is 19.0. The summed E-state index contributed by atoms with van der Waals surface area (Å²) in [4.78, 5) is 25.4. The summed E-state index contributed by atoms with van der Waals surface area (Å²) < 4.78 is 10.4. The Labute approximate surface area is 162 Å². The Hall–Kier alpha value is -2.73. The number of anilines is 2. The first-order valence-corrected chi connectivity index (χ1v) is 8.88. The largest absolute Gasteiger partial charge is 0.493 e. The first-order chi connectivity index (χ1) is 12.9. The van der Waals surface area contributed by atoms with Crippen molar-refractivity contribution in [2.75, 3.05) is 24.9 Å². The van der Waals surface area contributed by atoms with Gasteiger partial charge in [-0.25, -0.2) is 0 Å². The molecular formula is C20H21ClN2O4. The molecule has 7 heteroatoms. The second-order valence-corrected chi connectivity index (χ2v) is 6.93. The van der Waals surface area contributed by atoms with Crippen LogP contribution in [-0.4, -0.2) is 26.0 Å². The number of ether oxygens (including phenoxy) is 2. The standard InChI is InChI=1S/C20H21ClN2O4/c1-12-4-5-13(10-15(12)21)22-18(24)20(8-9-20)19(25)23-14-6-7-16(26-2)17(11-14)27-3/h4-7,10-11H,8-9H2,1-3H3,(H,22,24)(H,23,25). The highest BCUT2D eigenvalue weighted by molar-refractivity contribution is 6.31. The lowest BCUT2D eigenvalue weighted by atomic mass is 10.0. The highest BCUT2D eigenvalue weighted by Crippen LogP contribution is 2.47. The maximum absolute atomic E-state index is 12.7. The van der Waals surface area contributed by atoms with Crippen molar-refractivity contribution >= 4 is 34.8 Å². The van der Waals surface area contributed by atoms with Gasteiger partial charge < -0.3 is 20.1 Å². The number of rotatable bonds is 6. The number of aryl methyl sites for hydroxylation is 1. The Kier molecular flexibility index (Phi) is 5.28. The molecule has 6 nitrogen and oxygen atoms in total. The van der Waals surface area contributed by atoms with Gasteiger partial charge in [-0.3, -0.25) is 9.59 Å². The summed E-state index contributed by atoms with van der Waals surface area (Å²) in [5.74, 6) is 0.385. The predicted octanol–water partition coefficient (Wildman–Crippen LogP) is 4.02. The zero-order valence-electron chi connectivity index (χ0n) is 15.4. The molecule has 1 aliphatic carbocycles. The van der Waals surface area contributed by atoms with Gasteiger partial charge >= 0.3 is 0 Å². The summed E-state index contributed by atoms with van der Waals surface area (Å²) in [5, 5.41) is 6.15. The smallest absolute Gasteiger partial charge is 0.240 e. The van der Waals surface area contributed by atoms with Crippen molar-refractivity contribution in [3.8, 4) is 11.5 Å². The fraction of sp³-hybridized carbons (Fsp3) is 0.300. The van der Waals surface area contributed by atoms with Gasteiger partial charge in [0, 0.05) is 22.5 Å². The molecule has 2 aromatic carbocycles. The minimum Gasteiger partial charge on any atom is -0.493 e. The molecule has 27 heavy (non-hydrogen) atoms. The van der Waals surface area contributed by atoms with Crippen molar-refractivity contribution in [1.29, 1.82) is 0 Å². The molecule has 2 aromatic rings. The summed E-state index contributed by atoms with van der Waals surface area (Å²) in [7, 11) is 3.06. The number of carbonyl (C=O) groups excluding carboxylic acids is 2. The average Bonchev–Trinajstić information content (AvgIpc) is 3.46. The first-order valence-electron chi connectivity index (χ1n) is 8.51. The van der Waals surface area contributed by atoms with Crippen LogP contribution in [0.25, 0.3) is 0 Å². The maximum Gasteiger partial charge on any atom is 0.240 e. The van der Waals surface area contributed by atoms with Crippen LogP contribution in [0, 0.1) is 12.3 Å². The third kappa shape index (κ3) is 3.85. The molecule has 0 heterocycles. The summed E-state index contributed by atoms with van der Waals surface area (Å²) in [6.07, 6.45) is 0.995. The van der Waals surface area contributed by atoms with E-state index in [1.165, 1.54) is 14.2 Å². The number of nitrogens with one attached hydrogen (secondary N) is 2. The van der Waals surface area contributed by atoms with Gasteiger partial charge in [-0.05, 0) is 49.6 Å². The zero-order valence-corrected chi connectivity index (χ0v) is 16.1. The van der Waals surface area contributed by atoms with E-state index in [9.17, 15) is 9.59 Å². The second-order valence-electron chi connectivity index (χ2n) is 6.52. The quantitative estimate of drug-likeness (QED) is 0.732. The number of carbonyl (C=O) groups is 2. The van der Waals surface area contributed by atoms with E-state index in [2.05, 4.69) is 10.6 Å². The van der Waals surface area contributed by atoms with Crippen LogP contribution in [0.2, 0.25) is 5.02 Å². The molecule has 0 bridgehead atoms. The van der Waals surface area contributed by atoms with E-state index >= 15 is 0 Å². The van der Waals surface area contributed by atoms with E-state index in [0.29, 0.717) is 40.7 Å². The van der Waals surface area contributed by atoms with Gasteiger partial charge in [0.25, 0.3) is 0 Å². The molecule has 0 aliphatic heterocycles. The highest BCUT2D eigenvalue weighted by Gasteiger charge is 2.56. The normalized spacial score (nSPS) is 14.2. The van der Waals surface area contributed by atoms with Crippen LogP contribution in [-0.2, 0) is 9.59 Å². The molecule has 1 aliphatic rings. The van der Waals surface area contributed by atoms with Crippen molar-refractivity contribution in [3.63, 3.8) is 0 Å². The number of methoxy groups -OCH3 is 2. The third-order valence-electron chi connectivity index (χ3n) is 4.69. The molecule has 0 unspecified atom stereocenters. The molecule has 0 spiro atoms. The molecule has 0 aromatic heterocycles. The van der Waals surface area contributed by atoms with Gasteiger partial charge in [-0.15, -0.1) is 0 Å². The average molecular weight is 389 g/mol. The highest BCUT2D eigenvalue weighted by atomic mass is 35.5. The Bertz CT molecular complexity index is 894. The van der Waals surface area contributed by atoms with Gasteiger partial charge in [0.1, 0.15) is 5.41 Å². The van der Waals surface area contributed by atoms with Gasteiger partial charge in [-0.2, -0.15) is 0 Å². The van der Waals surface area contributed by atoms with Gasteiger partial charge in [0.05, 0.1) is 14.2 Å². The monoisotopic (exact) mass is 388 g/mol. The molecule has 1 fully saturated rings. The number of amides is 2. The Morgan fingerprint density at radius 1 is 0.926 bits per heavy atom. The van der Waals surface area contributed by atoms with Gasteiger partial charge in [-0.1, -0.05) is 17.7 Å². The second kappa shape index (κ2) is 7.48. The van der Waals surface area contributed by atoms with Crippen molar-refractivity contribution < 1.29 is 19.1 Å². The zero-order chi connectivity index (χ0) is 19.6. The lowest BCUT2D eigenvalue weighted by Gasteiger charge is -2.16. The van der Waals surface area contributed by atoms with E-state index in [-0.39, 0.29) is 11.8 Å². The molecular weight excluding hydrogens is 368 g/mol. The molecule has 3 rings (SSSR count). The van der Waals surface area contributed by atoms with E-state index in [1.807, 2.05) is 13.0 Å². The van der Waals surface area contributed by atoms with Crippen LogP contribution < -0.4 is 20.1 Å². The maximum atomic E-state index is 12.7. The third-order valence-corrected chi connectivity index (χ3v) is 5.10. The van der Waals surface area contributed by atoms with Crippen molar-refractivity contribution in [3.05, 3.63) is 47.0 Å². The minimum atomic E-state index is -1.06. The Morgan fingerprint density at radius 3 is 2.00 bits per heavy atom. The summed E-state index contributed by atoms with van der Waals surface area (Å²) in [5.41, 5.74) is 0.961. The van der Waals surface area contributed by atoms with Gasteiger partial charge in [0.2, 0.25) is 11.8 Å². The van der Waals surface area contributed by atoms with Crippen molar-refractivity contribution in [2.45, 2.75) is 19.8 Å². The lowest BCUT2D eigenvalue weighted by Crippen LogP contribution is -2.35. The van der Waals surface area contributed by atoms with Crippen molar-refractivity contribution in [1.82, 2.24) is 0 Å². The topological polar surface area (TPSA) is 76.7 Å². The molecule has 2 N–H and O–H groups in total. The van der Waals surface area contributed by atoms with E-state index in [0.717, 1.165) is 5.56 Å². The Balaban J connectivity index is 1.72. The predicted molar refractivity (Wildman–Crippen MR) is 105 cm³/mol. The van der Waals surface area contributed by atoms with Crippen LogP contribution in [0.5, 0.6) is 11.5 Å². The molecule has 0 atom stereocenters. The van der Waals surface area contributed by atoms with E-state index in [4.69, 9.17) is 21.1 Å². The fourth-order valence-corrected chi connectivity index (χ4v) is 2.95. The fourth-order valence-electron chi connectivity index (χ4n) is 2.77. The number of hydrogen-bond acceptors (Lipinski definition) is 4. The van der Waals surface area contributed by atoms with E-state index < -0.39 is 5.41 Å². The molecule has 0 saturated heterocycles. The minimum absolute atomic E-state index is 0.333. The van der Waals surface area contributed by atoms with Crippen LogP contribution in [0.15, 0.2) is 36.4 Å². The Morgan fingerprint density at radius 2 is 1.48 bits per heavy atom. The number of hydrogen-bond donors (Lipinski definition) is 2. The SMILES string of the molecule is COc1ccc(NC(=O)C2(C(=O)Nc3ccc(C)c(Cl)c3)CC2)cc1OC. The summed E-state index contributed by atoms with van der Waals surface area (Å²) in [6, 6.07) is 10.3. The molecule has 0 radical (unpaired) electrons. The summed E-state index contributed by atoms with van der Waals surface area (Å²) in [6.45, 7) is 1.88. The van der Waals surface area contributed by atoms with Crippen LogP contribution in [0.3, 0.4) is 0 Å². The van der Waals surface area contributed by atoms with Gasteiger partial charge in [0.15, 0.2) is 11.5 Å². The van der Waals surface area contributed by atoms with Crippen LogP contribution >= 0.6 is 11.6 Å². The molecule has 1 saturated carbocycles. The molecule has 2 amide bonds. The molecule has 142 valence electrons. The number of benzene rings is 2. The van der Waals surface area contributed by atoms with E-state index in [1.54, 1.807) is 30.3 Å². The van der Waals surface area contributed by atoms with Crippen LogP contribution in [0.1, 0.15) is 18.4 Å². The lowest BCUT2D eigenvalue weighted by molar-refractivity contribution is -0.131. The van der Waals surface area contributed by atoms with Crippen LogP contribution in [0.4, 0.5) is 11.4 Å². The number of halogens is 1.